The Morgan fingerprint density at radius 2 is 1.83 bits per heavy atom. The third-order valence-corrected chi connectivity index (χ3v) is 4.78. The van der Waals surface area contributed by atoms with E-state index in [4.69, 9.17) is 9.97 Å². The molecule has 0 fully saturated rings. The van der Waals surface area contributed by atoms with Gasteiger partial charge in [0.05, 0.1) is 5.69 Å². The molecule has 3 nitrogen and oxygen atoms in total. The van der Waals surface area contributed by atoms with Crippen molar-refractivity contribution >= 4 is 11.0 Å². The summed E-state index contributed by atoms with van der Waals surface area (Å²) in [6, 6.07) is 6.63. The standard InChI is InChI=1S/C21H27N3/c1-7-15-12-24(6)21-17(15)11-14(5)20(23-21)16-9-10-19(13(3)4)22-18(16)8-2/h9-13H,7-8H2,1-6H3. The maximum absolute atomic E-state index is 5.02. The summed E-state index contributed by atoms with van der Waals surface area (Å²) in [7, 11) is 2.08. The van der Waals surface area contributed by atoms with Crippen LogP contribution >= 0.6 is 0 Å². The molecule has 0 saturated carbocycles. The van der Waals surface area contributed by atoms with Crippen LogP contribution in [0.15, 0.2) is 24.4 Å². The lowest BCUT2D eigenvalue weighted by molar-refractivity contribution is 0.807. The van der Waals surface area contributed by atoms with Gasteiger partial charge in [0.2, 0.25) is 0 Å². The molecule has 3 heteroatoms. The third kappa shape index (κ3) is 2.72. The van der Waals surface area contributed by atoms with Crippen LogP contribution in [0.2, 0.25) is 0 Å². The summed E-state index contributed by atoms with van der Waals surface area (Å²) in [5, 5.41) is 1.27. The first-order valence-electron chi connectivity index (χ1n) is 8.91. The minimum atomic E-state index is 0.445. The van der Waals surface area contributed by atoms with Crippen LogP contribution in [0.1, 0.15) is 56.1 Å². The SMILES string of the molecule is CCc1nc(C(C)C)ccc1-c1nc2c(cc1C)c(CC)cn2C. The average Bonchev–Trinajstić information content (AvgIpc) is 2.88. The van der Waals surface area contributed by atoms with Gasteiger partial charge in [-0.1, -0.05) is 27.7 Å². The van der Waals surface area contributed by atoms with Gasteiger partial charge >= 0.3 is 0 Å². The number of nitrogens with zero attached hydrogens (tertiary/aromatic N) is 3. The van der Waals surface area contributed by atoms with Gasteiger partial charge in [0.25, 0.3) is 0 Å². The summed E-state index contributed by atoms with van der Waals surface area (Å²) < 4.78 is 2.14. The van der Waals surface area contributed by atoms with Crippen molar-refractivity contribution in [1.82, 2.24) is 14.5 Å². The first-order valence-corrected chi connectivity index (χ1v) is 8.91. The molecule has 0 bridgehead atoms. The molecule has 3 aromatic rings. The Hall–Kier alpha value is -2.16. The number of hydrogen-bond acceptors (Lipinski definition) is 2. The summed E-state index contributed by atoms with van der Waals surface area (Å²) in [5.74, 6) is 0.445. The van der Waals surface area contributed by atoms with E-state index < -0.39 is 0 Å². The second kappa shape index (κ2) is 6.39. The fourth-order valence-electron chi connectivity index (χ4n) is 3.35. The van der Waals surface area contributed by atoms with Crippen molar-refractivity contribution in [2.75, 3.05) is 0 Å². The summed E-state index contributed by atoms with van der Waals surface area (Å²) in [6.45, 7) is 10.9. The molecular weight excluding hydrogens is 294 g/mol. The van der Waals surface area contributed by atoms with Gasteiger partial charge < -0.3 is 4.57 Å². The smallest absolute Gasteiger partial charge is 0.140 e. The van der Waals surface area contributed by atoms with Crippen molar-refractivity contribution in [3.05, 3.63) is 46.9 Å². The van der Waals surface area contributed by atoms with E-state index in [0.29, 0.717) is 5.92 Å². The van der Waals surface area contributed by atoms with Crippen LogP contribution in [0, 0.1) is 6.92 Å². The van der Waals surface area contributed by atoms with E-state index in [1.54, 1.807) is 0 Å². The molecule has 3 aromatic heterocycles. The van der Waals surface area contributed by atoms with Gasteiger partial charge in [0.15, 0.2) is 0 Å². The highest BCUT2D eigenvalue weighted by Crippen LogP contribution is 2.30. The van der Waals surface area contributed by atoms with E-state index >= 15 is 0 Å². The van der Waals surface area contributed by atoms with Crippen LogP contribution < -0.4 is 0 Å². The van der Waals surface area contributed by atoms with Gasteiger partial charge in [-0.05, 0) is 55.0 Å². The average molecular weight is 321 g/mol. The van der Waals surface area contributed by atoms with E-state index in [9.17, 15) is 0 Å². The highest BCUT2D eigenvalue weighted by molar-refractivity contribution is 5.85. The molecule has 0 saturated heterocycles. The maximum Gasteiger partial charge on any atom is 0.140 e. The molecule has 0 spiro atoms. The molecule has 3 heterocycles. The van der Waals surface area contributed by atoms with Gasteiger partial charge in [-0.25, -0.2) is 4.98 Å². The fourth-order valence-corrected chi connectivity index (χ4v) is 3.35. The Balaban J connectivity index is 2.22. The molecule has 0 aromatic carbocycles. The van der Waals surface area contributed by atoms with Crippen molar-refractivity contribution in [3.63, 3.8) is 0 Å². The highest BCUT2D eigenvalue weighted by atomic mass is 15.0. The number of aromatic nitrogens is 3. The molecule has 0 aliphatic heterocycles. The van der Waals surface area contributed by atoms with Crippen molar-refractivity contribution in [2.24, 2.45) is 7.05 Å². The van der Waals surface area contributed by atoms with Crippen LogP contribution in [-0.4, -0.2) is 14.5 Å². The summed E-state index contributed by atoms with van der Waals surface area (Å²) in [4.78, 5) is 9.90. The van der Waals surface area contributed by atoms with E-state index in [2.05, 4.69) is 70.6 Å². The molecule has 3 rings (SSSR count). The van der Waals surface area contributed by atoms with Gasteiger partial charge in [-0.3, -0.25) is 4.98 Å². The molecular formula is C21H27N3. The molecule has 0 radical (unpaired) electrons. The number of pyridine rings is 2. The Kier molecular flexibility index (Phi) is 4.44. The first kappa shape index (κ1) is 16.7. The van der Waals surface area contributed by atoms with E-state index in [0.717, 1.165) is 35.6 Å². The summed E-state index contributed by atoms with van der Waals surface area (Å²) in [5.41, 5.74) is 8.16. The molecule has 0 unspecified atom stereocenters. The minimum Gasteiger partial charge on any atom is -0.335 e. The van der Waals surface area contributed by atoms with Crippen molar-refractivity contribution in [2.45, 2.75) is 53.4 Å². The molecule has 0 amide bonds. The largest absolute Gasteiger partial charge is 0.335 e. The zero-order chi connectivity index (χ0) is 17.4. The normalized spacial score (nSPS) is 11.6. The molecule has 24 heavy (non-hydrogen) atoms. The zero-order valence-corrected chi connectivity index (χ0v) is 15.6. The van der Waals surface area contributed by atoms with Gasteiger partial charge in [-0.2, -0.15) is 0 Å². The Labute approximate surface area is 144 Å². The van der Waals surface area contributed by atoms with Crippen molar-refractivity contribution in [3.8, 4) is 11.3 Å². The van der Waals surface area contributed by atoms with Crippen molar-refractivity contribution in [1.29, 1.82) is 0 Å². The first-order chi connectivity index (χ1) is 11.5. The number of hydrogen-bond donors (Lipinski definition) is 0. The third-order valence-electron chi connectivity index (χ3n) is 4.78. The molecule has 0 atom stereocenters. The summed E-state index contributed by atoms with van der Waals surface area (Å²) >= 11 is 0. The molecule has 0 aliphatic rings. The van der Waals surface area contributed by atoms with Crippen LogP contribution in [0.25, 0.3) is 22.3 Å². The van der Waals surface area contributed by atoms with E-state index in [-0.39, 0.29) is 0 Å². The Morgan fingerprint density at radius 3 is 2.46 bits per heavy atom. The quantitative estimate of drug-likeness (QED) is 0.662. The van der Waals surface area contributed by atoms with Crippen LogP contribution in [0.5, 0.6) is 0 Å². The summed E-state index contributed by atoms with van der Waals surface area (Å²) in [6.07, 6.45) is 4.15. The number of aryl methyl sites for hydroxylation is 4. The van der Waals surface area contributed by atoms with Crippen LogP contribution in [0.4, 0.5) is 0 Å². The highest BCUT2D eigenvalue weighted by Gasteiger charge is 2.15. The van der Waals surface area contributed by atoms with E-state index in [1.807, 2.05) is 0 Å². The lowest BCUT2D eigenvalue weighted by atomic mass is 10.00. The predicted octanol–water partition coefficient (Wildman–Crippen LogP) is 5.19. The number of fused-ring (bicyclic) bond motifs is 1. The number of rotatable bonds is 4. The lowest BCUT2D eigenvalue weighted by Crippen LogP contribution is -2.02. The maximum atomic E-state index is 5.02. The van der Waals surface area contributed by atoms with Crippen molar-refractivity contribution < 1.29 is 0 Å². The minimum absolute atomic E-state index is 0.445. The topological polar surface area (TPSA) is 30.7 Å². The van der Waals surface area contributed by atoms with Gasteiger partial charge in [0, 0.05) is 35.6 Å². The van der Waals surface area contributed by atoms with Gasteiger partial charge in [-0.15, -0.1) is 0 Å². The molecule has 0 N–H and O–H groups in total. The van der Waals surface area contributed by atoms with Crippen LogP contribution in [0.3, 0.4) is 0 Å². The van der Waals surface area contributed by atoms with Gasteiger partial charge in [0.1, 0.15) is 5.65 Å². The predicted molar refractivity (Wildman–Crippen MR) is 102 cm³/mol. The molecule has 0 aliphatic carbocycles. The second-order valence-corrected chi connectivity index (χ2v) is 6.88. The fraction of sp³-hybridized carbons (Fsp3) is 0.429. The zero-order valence-electron chi connectivity index (χ0n) is 15.6. The Bertz CT molecular complexity index is 888. The van der Waals surface area contributed by atoms with Crippen LogP contribution in [-0.2, 0) is 19.9 Å². The molecule has 126 valence electrons. The Morgan fingerprint density at radius 1 is 1.08 bits per heavy atom. The van der Waals surface area contributed by atoms with E-state index in [1.165, 1.54) is 22.1 Å². The lowest BCUT2D eigenvalue weighted by Gasteiger charge is -2.13. The monoisotopic (exact) mass is 321 g/mol. The second-order valence-electron chi connectivity index (χ2n) is 6.88.